The first kappa shape index (κ1) is 18.5. The number of H-pyrrole nitrogens is 1. The zero-order valence-corrected chi connectivity index (χ0v) is 18.3. The number of fused-ring (bicyclic) bond motifs is 7. The van der Waals surface area contributed by atoms with E-state index in [1.165, 1.54) is 0 Å². The predicted molar refractivity (Wildman–Crippen MR) is 140 cm³/mol. The Labute approximate surface area is 197 Å². The van der Waals surface area contributed by atoms with Crippen LogP contribution in [-0.2, 0) is 0 Å². The van der Waals surface area contributed by atoms with E-state index in [4.69, 9.17) is 4.98 Å². The molecule has 0 amide bonds. The van der Waals surface area contributed by atoms with Crippen LogP contribution in [0, 0.1) is 0 Å². The summed E-state index contributed by atoms with van der Waals surface area (Å²) in [6, 6.07) is 25.7. The van der Waals surface area contributed by atoms with Gasteiger partial charge in [-0.25, -0.2) is 4.98 Å². The first-order chi connectivity index (χ1) is 17.2. The van der Waals surface area contributed by atoms with E-state index >= 15 is 0 Å². The Morgan fingerprint density at radius 3 is 2.23 bits per heavy atom. The number of rotatable bonds is 1. The summed E-state index contributed by atoms with van der Waals surface area (Å²) in [4.78, 5) is 33.0. The molecular formula is C28H17N5O2. The fourth-order valence-corrected chi connectivity index (χ4v) is 5.57. The SMILES string of the molecule is O=c1[nH]c(=O)c2cc3c(cc(C4Nc5ccccc5N4)c4nc5ccccc5n43)c3cccc1c23. The third-order valence-electron chi connectivity index (χ3n) is 7.09. The highest BCUT2D eigenvalue weighted by molar-refractivity contribution is 6.21. The summed E-state index contributed by atoms with van der Waals surface area (Å²) >= 11 is 0. The van der Waals surface area contributed by atoms with Gasteiger partial charge in [-0.2, -0.15) is 0 Å². The lowest BCUT2D eigenvalue weighted by atomic mass is 9.97. The van der Waals surface area contributed by atoms with E-state index in [1.54, 1.807) is 6.07 Å². The molecule has 0 aliphatic carbocycles. The summed E-state index contributed by atoms with van der Waals surface area (Å²) in [5.74, 6) is 0. The Kier molecular flexibility index (Phi) is 3.36. The van der Waals surface area contributed by atoms with Crippen molar-refractivity contribution in [2.24, 2.45) is 0 Å². The lowest BCUT2D eigenvalue weighted by molar-refractivity contribution is 0.941. The van der Waals surface area contributed by atoms with Crippen molar-refractivity contribution in [3.05, 3.63) is 105 Å². The number of benzene rings is 4. The van der Waals surface area contributed by atoms with Crippen molar-refractivity contribution in [1.29, 1.82) is 0 Å². The van der Waals surface area contributed by atoms with Crippen molar-refractivity contribution in [2.45, 2.75) is 6.17 Å². The molecule has 4 heterocycles. The summed E-state index contributed by atoms with van der Waals surface area (Å²) in [5.41, 5.74) is 5.82. The summed E-state index contributed by atoms with van der Waals surface area (Å²) in [6.07, 6.45) is -0.188. The molecule has 4 aromatic carbocycles. The molecule has 166 valence electrons. The Morgan fingerprint density at radius 2 is 1.40 bits per heavy atom. The summed E-state index contributed by atoms with van der Waals surface area (Å²) in [7, 11) is 0. The van der Waals surface area contributed by atoms with Gasteiger partial charge in [0, 0.05) is 21.7 Å². The Morgan fingerprint density at radius 1 is 0.686 bits per heavy atom. The van der Waals surface area contributed by atoms with Gasteiger partial charge in [0.05, 0.1) is 33.3 Å². The Bertz CT molecular complexity index is 2100. The van der Waals surface area contributed by atoms with E-state index in [-0.39, 0.29) is 17.3 Å². The quantitative estimate of drug-likeness (QED) is 0.240. The Balaban J connectivity index is 1.58. The van der Waals surface area contributed by atoms with Crippen LogP contribution < -0.4 is 21.8 Å². The fraction of sp³-hybridized carbons (Fsp3) is 0.0357. The highest BCUT2D eigenvalue weighted by Gasteiger charge is 2.26. The van der Waals surface area contributed by atoms with E-state index in [0.29, 0.717) is 16.2 Å². The lowest BCUT2D eigenvalue weighted by Crippen LogP contribution is -2.20. The molecule has 0 saturated carbocycles. The molecule has 0 atom stereocenters. The molecule has 7 heteroatoms. The molecule has 0 spiro atoms. The van der Waals surface area contributed by atoms with E-state index < -0.39 is 0 Å². The van der Waals surface area contributed by atoms with Crippen molar-refractivity contribution in [2.75, 3.05) is 10.6 Å². The highest BCUT2D eigenvalue weighted by atomic mass is 16.2. The third-order valence-corrected chi connectivity index (χ3v) is 7.09. The number of hydrogen-bond donors (Lipinski definition) is 3. The van der Waals surface area contributed by atoms with Crippen LogP contribution in [0.5, 0.6) is 0 Å². The minimum absolute atomic E-state index is 0.188. The maximum absolute atomic E-state index is 12.9. The minimum Gasteiger partial charge on any atom is -0.360 e. The van der Waals surface area contributed by atoms with Crippen LogP contribution >= 0.6 is 0 Å². The number of hydrogen-bond acceptors (Lipinski definition) is 5. The first-order valence-electron chi connectivity index (χ1n) is 11.4. The first-order valence-corrected chi connectivity index (χ1v) is 11.4. The Hall–Kier alpha value is -4.91. The van der Waals surface area contributed by atoms with E-state index in [1.807, 2.05) is 66.7 Å². The predicted octanol–water partition coefficient (Wildman–Crippen LogP) is 4.97. The monoisotopic (exact) mass is 455 g/mol. The number of anilines is 2. The molecule has 1 aliphatic rings. The van der Waals surface area contributed by atoms with Gasteiger partial charge in [0.2, 0.25) is 0 Å². The maximum atomic E-state index is 12.9. The van der Waals surface area contributed by atoms with Crippen LogP contribution in [0.25, 0.3) is 49.1 Å². The number of aromatic nitrogens is 3. The zero-order valence-electron chi connectivity index (χ0n) is 18.3. The molecule has 1 aliphatic heterocycles. The molecule has 7 aromatic rings. The number of pyridine rings is 2. The second kappa shape index (κ2) is 6.36. The number of imidazole rings is 1. The zero-order chi connectivity index (χ0) is 23.3. The van der Waals surface area contributed by atoms with Crippen molar-refractivity contribution in [3.8, 4) is 0 Å². The van der Waals surface area contributed by atoms with Crippen LogP contribution in [0.4, 0.5) is 11.4 Å². The molecule has 7 nitrogen and oxygen atoms in total. The normalized spacial score (nSPS) is 13.7. The van der Waals surface area contributed by atoms with Gasteiger partial charge in [-0.1, -0.05) is 36.4 Å². The standard InChI is InChI=1S/C28H17N5O2/c34-27-15-7-5-6-14-16-12-18(25-29-19-8-1-2-9-20(19)30-25)26-31-21-10-3-4-11-22(21)33(26)23(16)13-17(24(14)15)28(35)32-27/h1-13,25,29-30H,(H,32,34,35). The van der Waals surface area contributed by atoms with Crippen molar-refractivity contribution in [1.82, 2.24) is 14.4 Å². The van der Waals surface area contributed by atoms with Gasteiger partial charge in [0.1, 0.15) is 11.8 Å². The average Bonchev–Trinajstić information content (AvgIpc) is 3.48. The van der Waals surface area contributed by atoms with Crippen LogP contribution in [0.2, 0.25) is 0 Å². The van der Waals surface area contributed by atoms with E-state index in [0.717, 1.165) is 49.9 Å². The molecule has 0 saturated heterocycles. The van der Waals surface area contributed by atoms with Crippen LogP contribution in [-0.4, -0.2) is 14.4 Å². The summed E-state index contributed by atoms with van der Waals surface area (Å²) < 4.78 is 2.12. The van der Waals surface area contributed by atoms with Gasteiger partial charge in [-0.15, -0.1) is 0 Å². The molecule has 3 aromatic heterocycles. The van der Waals surface area contributed by atoms with Crippen molar-refractivity contribution < 1.29 is 0 Å². The van der Waals surface area contributed by atoms with Gasteiger partial charge < -0.3 is 10.6 Å². The number of para-hydroxylation sites is 4. The fourth-order valence-electron chi connectivity index (χ4n) is 5.57. The molecule has 35 heavy (non-hydrogen) atoms. The molecule has 3 N–H and O–H groups in total. The summed E-state index contributed by atoms with van der Waals surface area (Å²) in [5, 5.41) is 10.7. The van der Waals surface area contributed by atoms with Gasteiger partial charge in [-0.3, -0.25) is 19.0 Å². The molecule has 0 radical (unpaired) electrons. The van der Waals surface area contributed by atoms with Crippen molar-refractivity contribution in [3.63, 3.8) is 0 Å². The van der Waals surface area contributed by atoms with Crippen molar-refractivity contribution >= 4 is 60.5 Å². The number of nitrogens with one attached hydrogen (secondary N) is 3. The van der Waals surface area contributed by atoms with Gasteiger partial charge in [-0.05, 0) is 47.9 Å². The summed E-state index contributed by atoms with van der Waals surface area (Å²) in [6.45, 7) is 0. The average molecular weight is 455 g/mol. The van der Waals surface area contributed by atoms with Crippen LogP contribution in [0.1, 0.15) is 11.7 Å². The lowest BCUT2D eigenvalue weighted by Gasteiger charge is -2.17. The van der Waals surface area contributed by atoms with Crippen LogP contribution in [0.3, 0.4) is 0 Å². The number of nitrogens with zero attached hydrogens (tertiary/aromatic N) is 2. The minimum atomic E-state index is -0.378. The second-order valence-electron chi connectivity index (χ2n) is 8.99. The van der Waals surface area contributed by atoms with Gasteiger partial charge in [0.25, 0.3) is 11.1 Å². The molecule has 0 fully saturated rings. The van der Waals surface area contributed by atoms with Gasteiger partial charge >= 0.3 is 0 Å². The maximum Gasteiger partial charge on any atom is 0.258 e. The highest BCUT2D eigenvalue weighted by Crippen LogP contribution is 2.40. The smallest absolute Gasteiger partial charge is 0.258 e. The topological polar surface area (TPSA) is 91.3 Å². The second-order valence-corrected chi connectivity index (χ2v) is 8.99. The molecular weight excluding hydrogens is 438 g/mol. The van der Waals surface area contributed by atoms with E-state index in [2.05, 4.69) is 26.1 Å². The van der Waals surface area contributed by atoms with Crippen LogP contribution in [0.15, 0.2) is 88.5 Å². The third kappa shape index (κ3) is 2.36. The molecule has 8 rings (SSSR count). The largest absolute Gasteiger partial charge is 0.360 e. The molecule has 0 unspecified atom stereocenters. The number of aromatic amines is 1. The van der Waals surface area contributed by atoms with Gasteiger partial charge in [0.15, 0.2) is 0 Å². The molecule has 0 bridgehead atoms. The van der Waals surface area contributed by atoms with E-state index in [9.17, 15) is 9.59 Å².